The molecule has 4 nitrogen and oxygen atoms in total. The molecular formula is C10H9NO3. The van der Waals surface area contributed by atoms with Gasteiger partial charge in [0.1, 0.15) is 0 Å². The third-order valence-electron chi connectivity index (χ3n) is 1.86. The Kier molecular flexibility index (Phi) is 2.85. The Bertz CT molecular complexity index is 406. The molecule has 0 aliphatic carbocycles. The fraction of sp³-hybridized carbons (Fsp3) is 0.200. The minimum Gasteiger partial charge on any atom is -0.479 e. The van der Waals surface area contributed by atoms with Gasteiger partial charge in [0.2, 0.25) is 0 Å². The summed E-state index contributed by atoms with van der Waals surface area (Å²) in [6.07, 6.45) is -1.63. The topological polar surface area (TPSA) is 81.3 Å². The first-order valence-electron chi connectivity index (χ1n) is 3.97. The zero-order chi connectivity index (χ0) is 10.7. The number of hydrogen-bond donors (Lipinski definition) is 2. The van der Waals surface area contributed by atoms with Gasteiger partial charge in [-0.2, -0.15) is 5.26 Å². The van der Waals surface area contributed by atoms with Crippen LogP contribution in [0.15, 0.2) is 18.2 Å². The third-order valence-corrected chi connectivity index (χ3v) is 1.86. The lowest BCUT2D eigenvalue weighted by Gasteiger charge is -2.07. The van der Waals surface area contributed by atoms with Gasteiger partial charge in [0.15, 0.2) is 6.10 Å². The first kappa shape index (κ1) is 10.2. The number of hydrogen-bond acceptors (Lipinski definition) is 3. The van der Waals surface area contributed by atoms with Crippen molar-refractivity contribution in [3.05, 3.63) is 34.9 Å². The Morgan fingerprint density at radius 3 is 2.71 bits per heavy atom. The monoisotopic (exact) mass is 191 g/mol. The highest BCUT2D eigenvalue weighted by atomic mass is 16.4. The summed E-state index contributed by atoms with van der Waals surface area (Å²) in [5.41, 5.74) is 1.17. The predicted molar refractivity (Wildman–Crippen MR) is 48.5 cm³/mol. The predicted octanol–water partition coefficient (Wildman–Crippen LogP) is 0.985. The number of carboxylic acid groups (broad SMARTS) is 1. The Morgan fingerprint density at radius 1 is 1.57 bits per heavy atom. The zero-order valence-corrected chi connectivity index (χ0v) is 7.56. The second kappa shape index (κ2) is 3.90. The number of aliphatic hydroxyl groups is 1. The van der Waals surface area contributed by atoms with Crippen LogP contribution < -0.4 is 0 Å². The molecule has 0 aliphatic heterocycles. The summed E-state index contributed by atoms with van der Waals surface area (Å²) in [5.74, 6) is -1.36. The number of carboxylic acids is 1. The van der Waals surface area contributed by atoms with Crippen LogP contribution in [0, 0.1) is 18.3 Å². The molecule has 0 fully saturated rings. The molecule has 72 valence electrons. The molecule has 2 N–H and O–H groups in total. The highest BCUT2D eigenvalue weighted by Crippen LogP contribution is 2.18. The molecule has 0 amide bonds. The van der Waals surface area contributed by atoms with Gasteiger partial charge in [-0.25, -0.2) is 4.79 Å². The number of aryl methyl sites for hydroxylation is 1. The van der Waals surface area contributed by atoms with Crippen LogP contribution in [0.25, 0.3) is 0 Å². The summed E-state index contributed by atoms with van der Waals surface area (Å²) in [5, 5.41) is 26.5. The van der Waals surface area contributed by atoms with Crippen LogP contribution in [0.1, 0.15) is 22.8 Å². The first-order valence-corrected chi connectivity index (χ1v) is 3.97. The van der Waals surface area contributed by atoms with E-state index in [-0.39, 0.29) is 11.1 Å². The maximum atomic E-state index is 10.5. The van der Waals surface area contributed by atoms with E-state index in [1.807, 2.05) is 6.07 Å². The number of nitriles is 1. The number of nitrogens with zero attached hydrogens (tertiary/aromatic N) is 1. The number of aliphatic hydroxyl groups excluding tert-OH is 1. The Labute approximate surface area is 81.0 Å². The minimum absolute atomic E-state index is 0.130. The van der Waals surface area contributed by atoms with E-state index in [0.29, 0.717) is 0 Å². The van der Waals surface area contributed by atoms with E-state index in [0.717, 1.165) is 5.56 Å². The molecule has 1 aromatic carbocycles. The Balaban J connectivity index is 3.22. The number of carbonyl (C=O) groups is 1. The van der Waals surface area contributed by atoms with E-state index in [1.54, 1.807) is 19.1 Å². The third kappa shape index (κ3) is 1.90. The van der Waals surface area contributed by atoms with Gasteiger partial charge in [-0.05, 0) is 18.6 Å². The Morgan fingerprint density at radius 2 is 2.21 bits per heavy atom. The fourth-order valence-electron chi connectivity index (χ4n) is 1.14. The number of benzene rings is 1. The van der Waals surface area contributed by atoms with Crippen LogP contribution >= 0.6 is 0 Å². The first-order chi connectivity index (χ1) is 6.56. The standard InChI is InChI=1S/C10H9NO3/c1-6-2-3-8(7(4-6)5-11)9(12)10(13)14/h2-4,9,12H,1H3,(H,13,14). The average molecular weight is 191 g/mol. The number of aliphatic carboxylic acids is 1. The van der Waals surface area contributed by atoms with Gasteiger partial charge < -0.3 is 10.2 Å². The van der Waals surface area contributed by atoms with Gasteiger partial charge in [0.25, 0.3) is 0 Å². The highest BCUT2D eigenvalue weighted by Gasteiger charge is 2.19. The van der Waals surface area contributed by atoms with Crippen LogP contribution in [0.5, 0.6) is 0 Å². The average Bonchev–Trinajstić information content (AvgIpc) is 2.16. The smallest absolute Gasteiger partial charge is 0.337 e. The highest BCUT2D eigenvalue weighted by molar-refractivity contribution is 5.75. The van der Waals surface area contributed by atoms with Crippen molar-refractivity contribution in [3.63, 3.8) is 0 Å². The van der Waals surface area contributed by atoms with Crippen molar-refractivity contribution in [1.29, 1.82) is 5.26 Å². The van der Waals surface area contributed by atoms with E-state index in [2.05, 4.69) is 0 Å². The SMILES string of the molecule is Cc1ccc(C(O)C(=O)O)c(C#N)c1. The van der Waals surface area contributed by atoms with Crippen molar-refractivity contribution in [2.45, 2.75) is 13.0 Å². The maximum Gasteiger partial charge on any atom is 0.337 e. The molecule has 0 heterocycles. The van der Waals surface area contributed by atoms with E-state index in [4.69, 9.17) is 10.4 Å². The quantitative estimate of drug-likeness (QED) is 0.730. The zero-order valence-electron chi connectivity index (χ0n) is 7.56. The molecule has 1 aromatic rings. The van der Waals surface area contributed by atoms with E-state index in [1.165, 1.54) is 6.07 Å². The number of rotatable bonds is 2. The van der Waals surface area contributed by atoms with Crippen LogP contribution in [-0.4, -0.2) is 16.2 Å². The van der Waals surface area contributed by atoms with E-state index >= 15 is 0 Å². The summed E-state index contributed by atoms with van der Waals surface area (Å²) >= 11 is 0. The van der Waals surface area contributed by atoms with Crippen molar-refractivity contribution in [2.24, 2.45) is 0 Å². The van der Waals surface area contributed by atoms with Crippen LogP contribution in [0.4, 0.5) is 0 Å². The maximum absolute atomic E-state index is 10.5. The molecule has 0 saturated carbocycles. The van der Waals surface area contributed by atoms with Gasteiger partial charge >= 0.3 is 5.97 Å². The molecule has 14 heavy (non-hydrogen) atoms. The molecule has 0 bridgehead atoms. The van der Waals surface area contributed by atoms with Crippen molar-refractivity contribution in [1.82, 2.24) is 0 Å². The molecule has 0 aliphatic rings. The van der Waals surface area contributed by atoms with Crippen molar-refractivity contribution < 1.29 is 15.0 Å². The molecule has 0 saturated heterocycles. The minimum atomic E-state index is -1.63. The van der Waals surface area contributed by atoms with Crippen molar-refractivity contribution in [3.8, 4) is 6.07 Å². The van der Waals surface area contributed by atoms with Gasteiger partial charge in [-0.3, -0.25) is 0 Å². The van der Waals surface area contributed by atoms with Crippen LogP contribution in [-0.2, 0) is 4.79 Å². The summed E-state index contributed by atoms with van der Waals surface area (Å²) in [6.45, 7) is 1.79. The fourth-order valence-corrected chi connectivity index (χ4v) is 1.14. The Hall–Kier alpha value is -1.86. The molecule has 1 unspecified atom stereocenters. The summed E-state index contributed by atoms with van der Waals surface area (Å²) < 4.78 is 0. The second-order valence-corrected chi connectivity index (χ2v) is 2.94. The van der Waals surface area contributed by atoms with Gasteiger partial charge in [-0.15, -0.1) is 0 Å². The summed E-state index contributed by atoms with van der Waals surface area (Å²) in [4.78, 5) is 10.5. The summed E-state index contributed by atoms with van der Waals surface area (Å²) in [7, 11) is 0. The van der Waals surface area contributed by atoms with Gasteiger partial charge in [-0.1, -0.05) is 12.1 Å². The molecule has 0 spiro atoms. The van der Waals surface area contributed by atoms with Gasteiger partial charge in [0, 0.05) is 5.56 Å². The molecule has 1 atom stereocenters. The lowest BCUT2D eigenvalue weighted by Crippen LogP contribution is -2.12. The lowest BCUT2D eigenvalue weighted by atomic mass is 10.0. The molecule has 0 aromatic heterocycles. The molecular weight excluding hydrogens is 182 g/mol. The summed E-state index contributed by atoms with van der Waals surface area (Å²) in [6, 6.07) is 6.50. The van der Waals surface area contributed by atoms with Crippen LogP contribution in [0.2, 0.25) is 0 Å². The lowest BCUT2D eigenvalue weighted by molar-refractivity contribution is -0.146. The van der Waals surface area contributed by atoms with Gasteiger partial charge in [0.05, 0.1) is 11.6 Å². The van der Waals surface area contributed by atoms with E-state index in [9.17, 15) is 9.90 Å². The van der Waals surface area contributed by atoms with Crippen LogP contribution in [0.3, 0.4) is 0 Å². The largest absolute Gasteiger partial charge is 0.479 e. The molecule has 0 radical (unpaired) electrons. The van der Waals surface area contributed by atoms with Crippen molar-refractivity contribution >= 4 is 5.97 Å². The normalized spacial score (nSPS) is 11.8. The van der Waals surface area contributed by atoms with Crippen molar-refractivity contribution in [2.75, 3.05) is 0 Å². The van der Waals surface area contributed by atoms with E-state index < -0.39 is 12.1 Å². The molecule has 4 heteroatoms. The molecule has 1 rings (SSSR count). The second-order valence-electron chi connectivity index (χ2n) is 2.94.